The van der Waals surface area contributed by atoms with E-state index >= 15 is 0 Å². The number of benzene rings is 2. The number of methoxy groups -OCH3 is 2. The Labute approximate surface area is 164 Å². The molecule has 28 heavy (non-hydrogen) atoms. The molecule has 0 saturated heterocycles. The summed E-state index contributed by atoms with van der Waals surface area (Å²) >= 11 is 0. The van der Waals surface area contributed by atoms with Crippen LogP contribution < -0.4 is 9.47 Å². The van der Waals surface area contributed by atoms with Gasteiger partial charge in [0.05, 0.1) is 19.9 Å². The molecule has 0 N–H and O–H groups in total. The highest BCUT2D eigenvalue weighted by Gasteiger charge is 2.14. The fourth-order valence-electron chi connectivity index (χ4n) is 2.74. The van der Waals surface area contributed by atoms with Crippen molar-refractivity contribution in [3.05, 3.63) is 66.4 Å². The molecule has 6 heteroatoms. The molecule has 3 aromatic rings. The minimum absolute atomic E-state index is 0.0919. The lowest BCUT2D eigenvalue weighted by atomic mass is 10.1. The maximum Gasteiger partial charge on any atom is 0.246 e. The number of hydrogen-bond acceptors (Lipinski definition) is 4. The molecule has 6 nitrogen and oxygen atoms in total. The summed E-state index contributed by atoms with van der Waals surface area (Å²) in [6, 6.07) is 15.5. The van der Waals surface area contributed by atoms with Gasteiger partial charge in [-0.3, -0.25) is 4.79 Å². The number of carbonyl (C=O) groups is 1. The molecule has 1 amide bonds. The third-order valence-corrected chi connectivity index (χ3v) is 4.27. The number of likely N-dealkylation sites (N-methyl/N-ethyl adjacent to an activating group) is 1. The summed E-state index contributed by atoms with van der Waals surface area (Å²) < 4.78 is 12.5. The zero-order valence-corrected chi connectivity index (χ0v) is 16.4. The van der Waals surface area contributed by atoms with Gasteiger partial charge in [-0.1, -0.05) is 18.2 Å². The third kappa shape index (κ3) is 4.06. The highest BCUT2D eigenvalue weighted by molar-refractivity contribution is 5.92. The van der Waals surface area contributed by atoms with Crippen LogP contribution in [-0.2, 0) is 4.79 Å². The van der Waals surface area contributed by atoms with Crippen LogP contribution in [0.15, 0.2) is 60.8 Å². The Morgan fingerprint density at radius 2 is 1.75 bits per heavy atom. The third-order valence-electron chi connectivity index (χ3n) is 4.27. The van der Waals surface area contributed by atoms with Crippen molar-refractivity contribution >= 4 is 12.0 Å². The first-order valence-corrected chi connectivity index (χ1v) is 8.80. The molecule has 0 unspecified atom stereocenters. The van der Waals surface area contributed by atoms with Gasteiger partial charge in [-0.05, 0) is 36.4 Å². The monoisotopic (exact) mass is 377 g/mol. The minimum atomic E-state index is -0.0919. The second-order valence-electron chi connectivity index (χ2n) is 6.35. The molecule has 0 spiro atoms. The molecule has 0 bridgehead atoms. The van der Waals surface area contributed by atoms with Crippen LogP contribution in [0.5, 0.6) is 11.5 Å². The van der Waals surface area contributed by atoms with Gasteiger partial charge in [0.2, 0.25) is 5.91 Å². The first-order valence-electron chi connectivity index (χ1n) is 8.80. The van der Waals surface area contributed by atoms with E-state index in [1.807, 2.05) is 54.7 Å². The number of ether oxygens (including phenoxy) is 2. The topological polar surface area (TPSA) is 56.6 Å². The summed E-state index contributed by atoms with van der Waals surface area (Å²) in [6.45, 7) is 0. The molecular formula is C22H23N3O3. The normalized spacial score (nSPS) is 10.9. The summed E-state index contributed by atoms with van der Waals surface area (Å²) in [5.74, 6) is 1.17. The number of nitrogens with zero attached hydrogens (tertiary/aromatic N) is 3. The molecule has 0 aliphatic carbocycles. The van der Waals surface area contributed by atoms with Crippen molar-refractivity contribution in [2.75, 3.05) is 28.3 Å². The summed E-state index contributed by atoms with van der Waals surface area (Å²) in [5, 5.41) is 4.75. The SMILES string of the molecule is COc1ccc(-c2nn(-c3ccccc3)cc2/C=C/C(=O)N(C)C)cc1OC. The van der Waals surface area contributed by atoms with Crippen LogP contribution in [0.2, 0.25) is 0 Å². The quantitative estimate of drug-likeness (QED) is 0.615. The van der Waals surface area contributed by atoms with Crippen molar-refractivity contribution < 1.29 is 14.3 Å². The van der Waals surface area contributed by atoms with E-state index < -0.39 is 0 Å². The van der Waals surface area contributed by atoms with Crippen molar-refractivity contribution in [1.29, 1.82) is 0 Å². The maximum absolute atomic E-state index is 12.0. The van der Waals surface area contributed by atoms with E-state index in [0.29, 0.717) is 11.5 Å². The lowest BCUT2D eigenvalue weighted by Gasteiger charge is -2.09. The molecular weight excluding hydrogens is 354 g/mol. The number of amides is 1. The van der Waals surface area contributed by atoms with E-state index in [1.165, 1.54) is 11.0 Å². The molecule has 0 atom stereocenters. The van der Waals surface area contributed by atoms with Gasteiger partial charge in [0, 0.05) is 37.5 Å². The fourth-order valence-corrected chi connectivity index (χ4v) is 2.74. The Kier molecular flexibility index (Phi) is 5.79. The first kappa shape index (κ1) is 19.2. The molecule has 2 aromatic carbocycles. The first-order chi connectivity index (χ1) is 13.5. The molecule has 3 rings (SSSR count). The van der Waals surface area contributed by atoms with E-state index in [1.54, 1.807) is 39.1 Å². The molecule has 0 radical (unpaired) electrons. The molecule has 1 heterocycles. The van der Waals surface area contributed by atoms with E-state index in [4.69, 9.17) is 14.6 Å². The van der Waals surface area contributed by atoms with E-state index in [9.17, 15) is 4.79 Å². The van der Waals surface area contributed by atoms with Crippen molar-refractivity contribution in [2.24, 2.45) is 0 Å². The Balaban J connectivity index is 2.10. The summed E-state index contributed by atoms with van der Waals surface area (Å²) in [5.41, 5.74) is 3.37. The predicted molar refractivity (Wildman–Crippen MR) is 110 cm³/mol. The second kappa shape index (κ2) is 8.43. The molecule has 0 aliphatic heterocycles. The van der Waals surface area contributed by atoms with Crippen molar-refractivity contribution in [1.82, 2.24) is 14.7 Å². The number of carbonyl (C=O) groups excluding carboxylic acids is 1. The molecule has 1 aromatic heterocycles. The van der Waals surface area contributed by atoms with Gasteiger partial charge >= 0.3 is 0 Å². The summed E-state index contributed by atoms with van der Waals surface area (Å²) in [6.07, 6.45) is 5.22. The van der Waals surface area contributed by atoms with Crippen LogP contribution >= 0.6 is 0 Å². The predicted octanol–water partition coefficient (Wildman–Crippen LogP) is 3.66. The van der Waals surface area contributed by atoms with Gasteiger partial charge in [-0.2, -0.15) is 5.10 Å². The van der Waals surface area contributed by atoms with Crippen LogP contribution in [0.1, 0.15) is 5.56 Å². The fraction of sp³-hybridized carbons (Fsp3) is 0.182. The second-order valence-corrected chi connectivity index (χ2v) is 6.35. The largest absolute Gasteiger partial charge is 0.493 e. The number of hydrogen-bond donors (Lipinski definition) is 0. The van der Waals surface area contributed by atoms with Gasteiger partial charge in [-0.25, -0.2) is 4.68 Å². The smallest absolute Gasteiger partial charge is 0.246 e. The highest BCUT2D eigenvalue weighted by Crippen LogP contribution is 2.33. The molecule has 0 aliphatic rings. The molecule has 144 valence electrons. The van der Waals surface area contributed by atoms with Gasteiger partial charge < -0.3 is 14.4 Å². The van der Waals surface area contributed by atoms with Crippen LogP contribution in [0.25, 0.3) is 23.0 Å². The lowest BCUT2D eigenvalue weighted by Crippen LogP contribution is -2.18. The number of rotatable bonds is 6. The summed E-state index contributed by atoms with van der Waals surface area (Å²) in [4.78, 5) is 13.5. The Hall–Kier alpha value is -3.54. The van der Waals surface area contributed by atoms with E-state index in [0.717, 1.165) is 22.5 Å². The average molecular weight is 377 g/mol. The minimum Gasteiger partial charge on any atom is -0.493 e. The standard InChI is InChI=1S/C22H23N3O3/c1-24(2)21(26)13-11-17-15-25(18-8-6-5-7-9-18)23-22(17)16-10-12-19(27-3)20(14-16)28-4/h5-15H,1-4H3/b13-11+. The number of para-hydroxylation sites is 1. The van der Waals surface area contributed by atoms with Crippen LogP contribution in [0.4, 0.5) is 0 Å². The van der Waals surface area contributed by atoms with Crippen molar-refractivity contribution in [2.45, 2.75) is 0 Å². The van der Waals surface area contributed by atoms with Gasteiger partial charge in [0.15, 0.2) is 11.5 Å². The lowest BCUT2D eigenvalue weighted by molar-refractivity contribution is -0.123. The zero-order chi connectivity index (χ0) is 20.1. The molecule has 0 fully saturated rings. The Bertz CT molecular complexity index is 992. The number of aromatic nitrogens is 2. The van der Waals surface area contributed by atoms with Crippen molar-refractivity contribution in [3.8, 4) is 28.4 Å². The van der Waals surface area contributed by atoms with Crippen molar-refractivity contribution in [3.63, 3.8) is 0 Å². The summed E-state index contributed by atoms with van der Waals surface area (Å²) in [7, 11) is 6.63. The Morgan fingerprint density at radius 1 is 1.04 bits per heavy atom. The van der Waals surface area contributed by atoms with E-state index in [-0.39, 0.29) is 5.91 Å². The van der Waals surface area contributed by atoms with Gasteiger partial charge in [0.25, 0.3) is 0 Å². The highest BCUT2D eigenvalue weighted by atomic mass is 16.5. The molecule has 0 saturated carbocycles. The zero-order valence-electron chi connectivity index (χ0n) is 16.4. The Morgan fingerprint density at radius 3 is 2.39 bits per heavy atom. The van der Waals surface area contributed by atoms with Gasteiger partial charge in [-0.15, -0.1) is 0 Å². The maximum atomic E-state index is 12.0. The van der Waals surface area contributed by atoms with Crippen LogP contribution in [0, 0.1) is 0 Å². The van der Waals surface area contributed by atoms with Crippen LogP contribution in [-0.4, -0.2) is 48.9 Å². The van der Waals surface area contributed by atoms with Crippen LogP contribution in [0.3, 0.4) is 0 Å². The van der Waals surface area contributed by atoms with E-state index in [2.05, 4.69) is 0 Å². The van der Waals surface area contributed by atoms with Gasteiger partial charge in [0.1, 0.15) is 5.69 Å². The average Bonchev–Trinajstić information content (AvgIpc) is 3.16.